The van der Waals surface area contributed by atoms with Crippen molar-refractivity contribution in [3.63, 3.8) is 0 Å². The first-order valence-corrected chi connectivity index (χ1v) is 7.19. The Kier molecular flexibility index (Phi) is 5.06. The molecule has 0 atom stereocenters. The minimum Gasteiger partial charge on any atom is -0.478 e. The van der Waals surface area contributed by atoms with Crippen molar-refractivity contribution in [2.24, 2.45) is 0 Å². The van der Waals surface area contributed by atoms with Crippen LogP contribution in [0.15, 0.2) is 30.5 Å². The van der Waals surface area contributed by atoms with Gasteiger partial charge in [0.05, 0.1) is 0 Å². The Bertz CT molecular complexity index is 748. The van der Waals surface area contributed by atoms with Gasteiger partial charge < -0.3 is 10.0 Å². The Morgan fingerprint density at radius 3 is 2.42 bits per heavy atom. The molecule has 1 heterocycles. The second kappa shape index (κ2) is 6.86. The van der Waals surface area contributed by atoms with Crippen molar-refractivity contribution in [3.8, 4) is 0 Å². The normalized spacial score (nSPS) is 11.4. The van der Waals surface area contributed by atoms with Crippen molar-refractivity contribution < 1.29 is 23.1 Å². The number of hydrogen-bond acceptors (Lipinski definition) is 4. The van der Waals surface area contributed by atoms with E-state index in [4.69, 9.17) is 5.11 Å². The van der Waals surface area contributed by atoms with Crippen LogP contribution in [0.25, 0.3) is 0 Å². The topological polar surface area (TPSA) is 66.3 Å². The summed E-state index contributed by atoms with van der Waals surface area (Å²) in [5.41, 5.74) is -0.395. The maximum absolute atomic E-state index is 13.0. The summed E-state index contributed by atoms with van der Waals surface area (Å²) in [4.78, 5) is 19.6. The lowest BCUT2D eigenvalue weighted by molar-refractivity contribution is -0.141. The molecule has 0 fully saturated rings. The van der Waals surface area contributed by atoms with Gasteiger partial charge in [0.15, 0.2) is 5.69 Å². The van der Waals surface area contributed by atoms with Crippen LogP contribution in [0.1, 0.15) is 34.1 Å². The number of aromatic nitrogens is 2. The lowest BCUT2D eigenvalue weighted by Gasteiger charge is -2.20. The molecular weight excluding hydrogens is 323 g/mol. The number of carbonyl (C=O) groups is 1. The first kappa shape index (κ1) is 17.7. The third kappa shape index (κ3) is 3.81. The van der Waals surface area contributed by atoms with Gasteiger partial charge in [-0.25, -0.2) is 14.8 Å². The lowest BCUT2D eigenvalue weighted by atomic mass is 10.1. The molecule has 1 aromatic carbocycles. The summed E-state index contributed by atoms with van der Waals surface area (Å²) in [6, 6.07) is 7.56. The number of benzene rings is 1. The van der Waals surface area contributed by atoms with Crippen LogP contribution in [-0.2, 0) is 19.1 Å². The smallest absolute Gasteiger partial charge is 0.434 e. The highest BCUT2D eigenvalue weighted by Crippen LogP contribution is 2.31. The van der Waals surface area contributed by atoms with E-state index >= 15 is 0 Å². The standard InChI is InChI=1S/C16H16F3N3O2/c1-3-10-6-4-5-7-11(10)9-22(2)15-20-8-12(14(23)24)13(21-15)16(17,18)19/h4-8H,3,9H2,1-2H3,(H,23,24). The summed E-state index contributed by atoms with van der Waals surface area (Å²) in [6.07, 6.45) is -3.39. The van der Waals surface area contributed by atoms with Gasteiger partial charge in [0.25, 0.3) is 0 Å². The van der Waals surface area contributed by atoms with Gasteiger partial charge in [-0.05, 0) is 17.5 Å². The van der Waals surface area contributed by atoms with Crippen LogP contribution in [-0.4, -0.2) is 28.1 Å². The molecule has 5 nitrogen and oxygen atoms in total. The zero-order chi connectivity index (χ0) is 17.9. The molecule has 24 heavy (non-hydrogen) atoms. The number of carboxylic acid groups (broad SMARTS) is 1. The minimum absolute atomic E-state index is 0.182. The number of alkyl halides is 3. The Labute approximate surface area is 136 Å². The largest absolute Gasteiger partial charge is 0.478 e. The summed E-state index contributed by atoms with van der Waals surface area (Å²) in [6.45, 7) is 2.30. The molecule has 1 aromatic heterocycles. The molecule has 0 saturated heterocycles. The summed E-state index contributed by atoms with van der Waals surface area (Å²) >= 11 is 0. The van der Waals surface area contributed by atoms with Crippen molar-refractivity contribution in [2.45, 2.75) is 26.1 Å². The van der Waals surface area contributed by atoms with Crippen molar-refractivity contribution in [3.05, 3.63) is 52.8 Å². The van der Waals surface area contributed by atoms with E-state index in [2.05, 4.69) is 9.97 Å². The van der Waals surface area contributed by atoms with E-state index in [1.54, 1.807) is 7.05 Å². The Balaban J connectivity index is 2.36. The molecule has 8 heteroatoms. The number of hydrogen-bond donors (Lipinski definition) is 1. The number of aryl methyl sites for hydroxylation is 1. The molecule has 2 rings (SSSR count). The van der Waals surface area contributed by atoms with Gasteiger partial charge in [0.2, 0.25) is 5.95 Å². The van der Waals surface area contributed by atoms with E-state index in [1.807, 2.05) is 31.2 Å². The molecule has 0 spiro atoms. The average Bonchev–Trinajstić information content (AvgIpc) is 2.53. The number of nitrogens with zero attached hydrogens (tertiary/aromatic N) is 3. The molecular formula is C16H16F3N3O2. The molecule has 0 radical (unpaired) electrons. The van der Waals surface area contributed by atoms with Crippen LogP contribution in [0, 0.1) is 0 Å². The fraction of sp³-hybridized carbons (Fsp3) is 0.312. The summed E-state index contributed by atoms with van der Waals surface area (Å²) < 4.78 is 39.1. The fourth-order valence-corrected chi connectivity index (χ4v) is 2.31. The summed E-state index contributed by atoms with van der Waals surface area (Å²) in [5.74, 6) is -1.90. The first-order valence-electron chi connectivity index (χ1n) is 7.19. The lowest BCUT2D eigenvalue weighted by Crippen LogP contribution is -2.23. The van der Waals surface area contributed by atoms with E-state index in [0.29, 0.717) is 12.7 Å². The molecule has 2 aromatic rings. The number of anilines is 1. The summed E-state index contributed by atoms with van der Waals surface area (Å²) in [5, 5.41) is 8.87. The monoisotopic (exact) mass is 339 g/mol. The number of rotatable bonds is 5. The van der Waals surface area contributed by atoms with Crippen molar-refractivity contribution in [2.75, 3.05) is 11.9 Å². The average molecular weight is 339 g/mol. The summed E-state index contributed by atoms with van der Waals surface area (Å²) in [7, 11) is 1.56. The molecule has 0 unspecified atom stereocenters. The van der Waals surface area contributed by atoms with E-state index < -0.39 is 23.4 Å². The highest BCUT2D eigenvalue weighted by molar-refractivity contribution is 5.88. The minimum atomic E-state index is -4.87. The molecule has 0 aliphatic rings. The van der Waals surface area contributed by atoms with Crippen LogP contribution >= 0.6 is 0 Å². The van der Waals surface area contributed by atoms with Crippen LogP contribution in [0.5, 0.6) is 0 Å². The highest BCUT2D eigenvalue weighted by atomic mass is 19.4. The molecule has 0 saturated carbocycles. The van der Waals surface area contributed by atoms with Gasteiger partial charge in [-0.1, -0.05) is 31.2 Å². The van der Waals surface area contributed by atoms with Gasteiger partial charge in [0.1, 0.15) is 5.56 Å². The number of halogens is 3. The second-order valence-electron chi connectivity index (χ2n) is 5.21. The van der Waals surface area contributed by atoms with E-state index in [1.165, 1.54) is 4.90 Å². The third-order valence-corrected chi connectivity index (χ3v) is 3.52. The first-order chi connectivity index (χ1) is 11.2. The predicted molar refractivity (Wildman–Crippen MR) is 81.9 cm³/mol. The fourth-order valence-electron chi connectivity index (χ4n) is 2.31. The molecule has 1 N–H and O–H groups in total. The molecule has 0 amide bonds. The number of aromatic carboxylic acids is 1. The Hall–Kier alpha value is -2.64. The Morgan fingerprint density at radius 2 is 1.88 bits per heavy atom. The zero-order valence-corrected chi connectivity index (χ0v) is 13.1. The van der Waals surface area contributed by atoms with Crippen molar-refractivity contribution in [1.29, 1.82) is 0 Å². The maximum atomic E-state index is 13.0. The van der Waals surface area contributed by atoms with Gasteiger partial charge >= 0.3 is 12.1 Å². The van der Waals surface area contributed by atoms with Crippen molar-refractivity contribution >= 4 is 11.9 Å². The predicted octanol–water partition coefficient (Wildman–Crippen LogP) is 3.39. The molecule has 128 valence electrons. The van der Waals surface area contributed by atoms with Crippen molar-refractivity contribution in [1.82, 2.24) is 9.97 Å². The van der Waals surface area contributed by atoms with E-state index in [0.717, 1.165) is 17.5 Å². The van der Waals surface area contributed by atoms with Gasteiger partial charge in [-0.2, -0.15) is 13.2 Å². The van der Waals surface area contributed by atoms with Crippen LogP contribution in [0.4, 0.5) is 19.1 Å². The van der Waals surface area contributed by atoms with Crippen LogP contribution < -0.4 is 4.90 Å². The second-order valence-corrected chi connectivity index (χ2v) is 5.21. The van der Waals surface area contributed by atoms with Crippen LogP contribution in [0.2, 0.25) is 0 Å². The van der Waals surface area contributed by atoms with E-state index in [9.17, 15) is 18.0 Å². The third-order valence-electron chi connectivity index (χ3n) is 3.52. The molecule has 0 aliphatic heterocycles. The Morgan fingerprint density at radius 1 is 1.25 bits per heavy atom. The SMILES string of the molecule is CCc1ccccc1CN(C)c1ncc(C(=O)O)c(C(F)(F)F)n1. The molecule has 0 aliphatic carbocycles. The zero-order valence-electron chi connectivity index (χ0n) is 13.1. The number of carboxylic acids is 1. The van der Waals surface area contributed by atoms with Crippen LogP contribution in [0.3, 0.4) is 0 Å². The maximum Gasteiger partial charge on any atom is 0.434 e. The van der Waals surface area contributed by atoms with Gasteiger partial charge in [0, 0.05) is 19.8 Å². The quantitative estimate of drug-likeness (QED) is 0.904. The molecule has 0 bridgehead atoms. The van der Waals surface area contributed by atoms with E-state index in [-0.39, 0.29) is 5.95 Å². The van der Waals surface area contributed by atoms with Gasteiger partial charge in [-0.15, -0.1) is 0 Å². The highest BCUT2D eigenvalue weighted by Gasteiger charge is 2.38. The van der Waals surface area contributed by atoms with Gasteiger partial charge in [-0.3, -0.25) is 0 Å².